The molecule has 2 atom stereocenters. The average molecular weight is 609 g/mol. The van der Waals surface area contributed by atoms with Crippen molar-refractivity contribution >= 4 is 5.91 Å². The standard InChI is InChI=1S/C31H34F6N4O2/c1-39-14-10-38-28(39)19-40-11-7-23(8-12-40)29(42)41-13-9-27(26(18-41)22-5-3-2-4-6-22)43-20-21-15-24(30(32,33)34)17-25(16-21)31(35,36)37/h2-6,10,14-17,23,26-27H,7-9,11-13,18-20H2,1H3/t26-,27-/m1/s1. The maximum atomic E-state index is 13.6. The second kappa shape index (κ2) is 12.7. The van der Waals surface area contributed by atoms with Crippen LogP contribution < -0.4 is 0 Å². The van der Waals surface area contributed by atoms with Gasteiger partial charge in [0.15, 0.2) is 0 Å². The van der Waals surface area contributed by atoms with Crippen LogP contribution in [0.1, 0.15) is 53.3 Å². The van der Waals surface area contributed by atoms with Crippen LogP contribution in [0.4, 0.5) is 26.3 Å². The van der Waals surface area contributed by atoms with Crippen LogP contribution in [-0.2, 0) is 42.1 Å². The highest BCUT2D eigenvalue weighted by Crippen LogP contribution is 2.37. The molecule has 0 radical (unpaired) electrons. The van der Waals surface area contributed by atoms with Crippen LogP contribution in [0, 0.1) is 5.92 Å². The number of imidazole rings is 1. The summed E-state index contributed by atoms with van der Waals surface area (Å²) in [6, 6.07) is 10.9. The number of aromatic nitrogens is 2. The third-order valence-electron chi connectivity index (χ3n) is 8.42. The molecule has 232 valence electrons. The number of halogens is 6. The maximum Gasteiger partial charge on any atom is 0.416 e. The van der Waals surface area contributed by atoms with Crippen molar-refractivity contribution in [1.29, 1.82) is 0 Å². The summed E-state index contributed by atoms with van der Waals surface area (Å²) in [5, 5.41) is 0. The normalized spacial score (nSPS) is 20.9. The number of ether oxygens (including phenoxy) is 1. The molecule has 2 aliphatic rings. The number of carbonyl (C=O) groups is 1. The molecular formula is C31H34F6N4O2. The number of hydrogen-bond acceptors (Lipinski definition) is 4. The summed E-state index contributed by atoms with van der Waals surface area (Å²) in [6.07, 6.45) is -4.81. The number of piperidine rings is 2. The molecule has 2 fully saturated rings. The molecule has 0 saturated carbocycles. The van der Waals surface area contributed by atoms with Crippen molar-refractivity contribution in [2.45, 2.75) is 56.8 Å². The first-order valence-corrected chi connectivity index (χ1v) is 14.3. The van der Waals surface area contributed by atoms with E-state index in [0.29, 0.717) is 31.6 Å². The lowest BCUT2D eigenvalue weighted by molar-refractivity contribution is -0.143. The largest absolute Gasteiger partial charge is 0.416 e. The fourth-order valence-electron chi connectivity index (χ4n) is 6.00. The van der Waals surface area contributed by atoms with E-state index in [4.69, 9.17) is 4.74 Å². The maximum absolute atomic E-state index is 13.6. The smallest absolute Gasteiger partial charge is 0.373 e. The molecule has 3 heterocycles. The summed E-state index contributed by atoms with van der Waals surface area (Å²) in [4.78, 5) is 22.1. The monoisotopic (exact) mass is 608 g/mol. The number of amides is 1. The number of rotatable bonds is 7. The molecule has 2 saturated heterocycles. The highest BCUT2D eigenvalue weighted by molar-refractivity contribution is 5.79. The van der Waals surface area contributed by atoms with Gasteiger partial charge in [0.05, 0.1) is 30.4 Å². The molecule has 1 aromatic heterocycles. The third kappa shape index (κ3) is 7.59. The molecule has 3 aromatic rings. The summed E-state index contributed by atoms with van der Waals surface area (Å²) in [7, 11) is 1.95. The molecule has 0 N–H and O–H groups in total. The number of likely N-dealkylation sites (tertiary alicyclic amines) is 2. The molecule has 5 rings (SSSR count). The van der Waals surface area contributed by atoms with E-state index >= 15 is 0 Å². The lowest BCUT2D eigenvalue weighted by atomic mass is 9.86. The van der Waals surface area contributed by atoms with E-state index in [-0.39, 0.29) is 29.4 Å². The predicted molar refractivity (Wildman–Crippen MR) is 147 cm³/mol. The lowest BCUT2D eigenvalue weighted by Gasteiger charge is -2.41. The van der Waals surface area contributed by atoms with Gasteiger partial charge in [-0.1, -0.05) is 30.3 Å². The lowest BCUT2D eigenvalue weighted by Crippen LogP contribution is -2.49. The zero-order valence-electron chi connectivity index (χ0n) is 23.7. The van der Waals surface area contributed by atoms with Gasteiger partial charge in [-0.05, 0) is 61.7 Å². The minimum absolute atomic E-state index is 0.0729. The van der Waals surface area contributed by atoms with Crippen LogP contribution >= 0.6 is 0 Å². The Bertz CT molecular complexity index is 1350. The first kappa shape index (κ1) is 31.1. The number of alkyl halides is 6. The minimum Gasteiger partial charge on any atom is -0.373 e. The molecule has 6 nitrogen and oxygen atoms in total. The summed E-state index contributed by atoms with van der Waals surface area (Å²) < 4.78 is 88.2. The van der Waals surface area contributed by atoms with Crippen molar-refractivity contribution in [2.75, 3.05) is 26.2 Å². The molecule has 2 aliphatic heterocycles. The first-order chi connectivity index (χ1) is 20.4. The van der Waals surface area contributed by atoms with E-state index in [1.165, 1.54) is 0 Å². The molecule has 12 heteroatoms. The highest BCUT2D eigenvalue weighted by Gasteiger charge is 2.39. The summed E-state index contributed by atoms with van der Waals surface area (Å²) in [6.45, 7) is 2.63. The first-order valence-electron chi connectivity index (χ1n) is 14.3. The van der Waals surface area contributed by atoms with E-state index in [2.05, 4.69) is 9.88 Å². The SMILES string of the molecule is Cn1ccnc1CN1CCC(C(=O)N2CC[C@@H](OCc3cc(C(F)(F)F)cc(C(F)(F)F)c3)[C@@H](c3ccccc3)C2)CC1. The molecular weight excluding hydrogens is 574 g/mol. The van der Waals surface area contributed by atoms with Gasteiger partial charge in [-0.25, -0.2) is 4.98 Å². The van der Waals surface area contributed by atoms with Crippen LogP contribution in [-0.4, -0.2) is 57.5 Å². The summed E-state index contributed by atoms with van der Waals surface area (Å²) in [5.74, 6) is 0.647. The second-order valence-electron chi connectivity index (χ2n) is 11.4. The Kier molecular flexibility index (Phi) is 9.17. The van der Waals surface area contributed by atoms with Gasteiger partial charge in [-0.15, -0.1) is 0 Å². The number of benzene rings is 2. The Morgan fingerprint density at radius 1 is 0.930 bits per heavy atom. The van der Waals surface area contributed by atoms with Crippen LogP contribution in [0.3, 0.4) is 0 Å². The van der Waals surface area contributed by atoms with Crippen molar-refractivity contribution in [3.8, 4) is 0 Å². The third-order valence-corrected chi connectivity index (χ3v) is 8.42. The molecule has 0 bridgehead atoms. The Morgan fingerprint density at radius 2 is 1.58 bits per heavy atom. The van der Waals surface area contributed by atoms with Crippen LogP contribution in [0.2, 0.25) is 0 Å². The van der Waals surface area contributed by atoms with Gasteiger partial charge in [0.2, 0.25) is 5.91 Å². The van der Waals surface area contributed by atoms with Crippen LogP contribution in [0.5, 0.6) is 0 Å². The van der Waals surface area contributed by atoms with Crippen molar-refractivity contribution in [3.63, 3.8) is 0 Å². The van der Waals surface area contributed by atoms with Crippen LogP contribution in [0.15, 0.2) is 60.9 Å². The Balaban J connectivity index is 1.25. The van der Waals surface area contributed by atoms with E-state index < -0.39 is 36.2 Å². The molecule has 43 heavy (non-hydrogen) atoms. The van der Waals surface area contributed by atoms with Gasteiger partial charge in [0, 0.05) is 44.4 Å². The fourth-order valence-corrected chi connectivity index (χ4v) is 6.00. The van der Waals surface area contributed by atoms with Gasteiger partial charge < -0.3 is 14.2 Å². The van der Waals surface area contributed by atoms with Gasteiger partial charge in [-0.2, -0.15) is 26.3 Å². The molecule has 0 unspecified atom stereocenters. The van der Waals surface area contributed by atoms with E-state index in [9.17, 15) is 31.1 Å². The zero-order valence-corrected chi connectivity index (χ0v) is 23.7. The number of carbonyl (C=O) groups excluding carboxylic acids is 1. The Labute approximate surface area is 246 Å². The fraction of sp³-hybridized carbons (Fsp3) is 0.484. The van der Waals surface area contributed by atoms with Crippen LogP contribution in [0.25, 0.3) is 0 Å². The number of hydrogen-bond donors (Lipinski definition) is 0. The predicted octanol–water partition coefficient (Wildman–Crippen LogP) is 6.27. The number of nitrogens with zero attached hydrogens (tertiary/aromatic N) is 4. The molecule has 0 aliphatic carbocycles. The van der Waals surface area contributed by atoms with E-state index in [1.807, 2.05) is 53.0 Å². The molecule has 0 spiro atoms. The van der Waals surface area contributed by atoms with Gasteiger partial charge in [0.25, 0.3) is 0 Å². The van der Waals surface area contributed by atoms with E-state index in [1.54, 1.807) is 6.20 Å². The quantitative estimate of drug-likeness (QED) is 0.297. The minimum atomic E-state index is -4.93. The van der Waals surface area contributed by atoms with Gasteiger partial charge in [-0.3, -0.25) is 9.69 Å². The van der Waals surface area contributed by atoms with Gasteiger partial charge >= 0.3 is 12.4 Å². The summed E-state index contributed by atoms with van der Waals surface area (Å²) in [5.41, 5.74) is -2.04. The van der Waals surface area contributed by atoms with Crippen molar-refractivity contribution in [2.24, 2.45) is 13.0 Å². The molecule has 2 aromatic carbocycles. The number of aryl methyl sites for hydroxylation is 1. The topological polar surface area (TPSA) is 50.6 Å². The average Bonchev–Trinajstić information content (AvgIpc) is 3.39. The van der Waals surface area contributed by atoms with Crippen molar-refractivity contribution in [3.05, 3.63) is 89.0 Å². The van der Waals surface area contributed by atoms with Gasteiger partial charge in [0.1, 0.15) is 5.82 Å². The zero-order chi connectivity index (χ0) is 30.8. The Morgan fingerprint density at radius 3 is 2.16 bits per heavy atom. The molecule has 1 amide bonds. The van der Waals surface area contributed by atoms with E-state index in [0.717, 1.165) is 43.9 Å². The Hall–Kier alpha value is -3.38. The van der Waals surface area contributed by atoms with Crippen molar-refractivity contribution < 1.29 is 35.9 Å². The highest BCUT2D eigenvalue weighted by atomic mass is 19.4. The second-order valence-corrected chi connectivity index (χ2v) is 11.4. The summed E-state index contributed by atoms with van der Waals surface area (Å²) >= 11 is 0. The van der Waals surface area contributed by atoms with Crippen molar-refractivity contribution in [1.82, 2.24) is 19.4 Å².